The Balaban J connectivity index is 1.32. The van der Waals surface area contributed by atoms with Crippen LogP contribution in [-0.2, 0) is 6.54 Å². The summed E-state index contributed by atoms with van der Waals surface area (Å²) < 4.78 is 87.7. The third-order valence-corrected chi connectivity index (χ3v) is 6.55. The molecular weight excluding hydrogens is 555 g/mol. The van der Waals surface area contributed by atoms with Crippen LogP contribution in [0.3, 0.4) is 0 Å². The van der Waals surface area contributed by atoms with Gasteiger partial charge in [0, 0.05) is 30.0 Å². The summed E-state index contributed by atoms with van der Waals surface area (Å²) in [5.74, 6) is -3.15. The monoisotopic (exact) mass is 576 g/mol. The Morgan fingerprint density at radius 1 is 1.07 bits per heavy atom. The van der Waals surface area contributed by atoms with E-state index in [0.29, 0.717) is 28.0 Å². The van der Waals surface area contributed by atoms with Crippen molar-refractivity contribution in [1.29, 1.82) is 0 Å². The molecule has 1 aliphatic rings. The number of ether oxygens (including phenoxy) is 3. The zero-order valence-electron chi connectivity index (χ0n) is 21.5. The molecule has 0 aliphatic carbocycles. The van der Waals surface area contributed by atoms with E-state index in [1.807, 2.05) is 0 Å². The second-order valence-corrected chi connectivity index (χ2v) is 9.28. The minimum absolute atomic E-state index is 0.00515. The molecule has 0 spiro atoms. The SMILES string of the molecule is COc1ncc(-c2cc(N3C[C@H](Oc4ccc5cnn(CC(F)(F)F)c5c4)C(F)(F)C3)c3nccn3n2)c(OC)n1. The minimum atomic E-state index is -4.50. The van der Waals surface area contributed by atoms with Crippen LogP contribution in [0.25, 0.3) is 27.8 Å². The molecule has 1 aromatic carbocycles. The number of hydrogen-bond acceptors (Lipinski definition) is 9. The Kier molecular flexibility index (Phi) is 6.26. The molecule has 11 nitrogen and oxygen atoms in total. The molecule has 6 rings (SSSR count). The molecule has 5 heterocycles. The van der Waals surface area contributed by atoms with Crippen molar-refractivity contribution in [2.24, 2.45) is 0 Å². The van der Waals surface area contributed by atoms with E-state index in [1.165, 1.54) is 60.4 Å². The van der Waals surface area contributed by atoms with Gasteiger partial charge >= 0.3 is 18.1 Å². The Morgan fingerprint density at radius 2 is 1.90 bits per heavy atom. The second-order valence-electron chi connectivity index (χ2n) is 9.28. The molecule has 1 aliphatic heterocycles. The Labute approximate surface area is 228 Å². The van der Waals surface area contributed by atoms with Crippen LogP contribution in [0.15, 0.2) is 49.1 Å². The molecule has 1 atom stereocenters. The molecule has 5 aromatic rings. The first-order valence-corrected chi connectivity index (χ1v) is 12.2. The van der Waals surface area contributed by atoms with Crippen molar-refractivity contribution in [2.75, 3.05) is 32.2 Å². The number of anilines is 1. The van der Waals surface area contributed by atoms with Crippen molar-refractivity contribution < 1.29 is 36.2 Å². The first-order valence-electron chi connectivity index (χ1n) is 12.2. The minimum Gasteiger partial charge on any atom is -0.482 e. The van der Waals surface area contributed by atoms with Crippen molar-refractivity contribution >= 4 is 22.2 Å². The molecule has 0 radical (unpaired) electrons. The summed E-state index contributed by atoms with van der Waals surface area (Å²) in [6, 6.07) is 5.83. The van der Waals surface area contributed by atoms with Gasteiger partial charge in [-0.05, 0) is 18.2 Å². The largest absolute Gasteiger partial charge is 0.482 e. The van der Waals surface area contributed by atoms with E-state index < -0.39 is 31.3 Å². The van der Waals surface area contributed by atoms with Crippen LogP contribution in [0.4, 0.5) is 27.6 Å². The van der Waals surface area contributed by atoms with Gasteiger partial charge < -0.3 is 19.1 Å². The molecule has 0 bridgehead atoms. The van der Waals surface area contributed by atoms with Crippen molar-refractivity contribution in [1.82, 2.24) is 34.3 Å². The average Bonchev–Trinajstić information content (AvgIpc) is 3.64. The summed E-state index contributed by atoms with van der Waals surface area (Å²) in [6.07, 6.45) is -0.331. The molecule has 1 fully saturated rings. The van der Waals surface area contributed by atoms with Crippen LogP contribution in [-0.4, -0.2) is 79.9 Å². The highest BCUT2D eigenvalue weighted by Crippen LogP contribution is 2.38. The zero-order valence-corrected chi connectivity index (χ0v) is 21.5. The molecule has 0 unspecified atom stereocenters. The summed E-state index contributed by atoms with van der Waals surface area (Å²) in [7, 11) is 2.82. The summed E-state index contributed by atoms with van der Waals surface area (Å²) in [6.45, 7) is -2.26. The fraction of sp³-hybridized carbons (Fsp3) is 0.320. The Morgan fingerprint density at radius 3 is 2.66 bits per heavy atom. The summed E-state index contributed by atoms with van der Waals surface area (Å²) in [4.78, 5) is 14.0. The number of halogens is 5. The lowest BCUT2D eigenvalue weighted by atomic mass is 10.2. The molecule has 1 saturated heterocycles. The van der Waals surface area contributed by atoms with Gasteiger partial charge in [0.25, 0.3) is 0 Å². The van der Waals surface area contributed by atoms with Gasteiger partial charge in [0.15, 0.2) is 11.8 Å². The molecule has 0 saturated carbocycles. The number of alkyl halides is 5. The van der Waals surface area contributed by atoms with Gasteiger partial charge in [-0.15, -0.1) is 0 Å². The number of fused-ring (bicyclic) bond motifs is 2. The van der Waals surface area contributed by atoms with Crippen LogP contribution in [0.2, 0.25) is 0 Å². The van der Waals surface area contributed by atoms with E-state index in [1.54, 1.807) is 12.3 Å². The average molecular weight is 576 g/mol. The lowest BCUT2D eigenvalue weighted by molar-refractivity contribution is -0.141. The number of rotatable bonds is 7. The highest BCUT2D eigenvalue weighted by molar-refractivity contribution is 5.80. The Bertz CT molecular complexity index is 1740. The number of imidazole rings is 1. The zero-order chi connectivity index (χ0) is 28.9. The maximum absolute atomic E-state index is 15.3. The van der Waals surface area contributed by atoms with Gasteiger partial charge in [-0.2, -0.15) is 28.4 Å². The molecule has 41 heavy (non-hydrogen) atoms. The van der Waals surface area contributed by atoms with E-state index in [-0.39, 0.29) is 29.7 Å². The highest BCUT2D eigenvalue weighted by atomic mass is 19.4. The van der Waals surface area contributed by atoms with E-state index in [9.17, 15) is 13.2 Å². The Hall–Kier alpha value is -4.76. The fourth-order valence-electron chi connectivity index (χ4n) is 4.69. The predicted molar refractivity (Wildman–Crippen MR) is 134 cm³/mol. The summed E-state index contributed by atoms with van der Waals surface area (Å²) in [5.41, 5.74) is 1.53. The van der Waals surface area contributed by atoms with Crippen LogP contribution in [0, 0.1) is 0 Å². The molecule has 214 valence electrons. The topological polar surface area (TPSA) is 105 Å². The van der Waals surface area contributed by atoms with E-state index in [0.717, 1.165) is 4.68 Å². The van der Waals surface area contributed by atoms with Crippen LogP contribution in [0.5, 0.6) is 17.6 Å². The van der Waals surface area contributed by atoms with Crippen molar-refractivity contribution in [3.8, 4) is 28.9 Å². The lowest BCUT2D eigenvalue weighted by Gasteiger charge is -2.20. The van der Waals surface area contributed by atoms with Crippen LogP contribution in [0.1, 0.15) is 0 Å². The number of methoxy groups -OCH3 is 2. The van der Waals surface area contributed by atoms with E-state index in [4.69, 9.17) is 14.2 Å². The smallest absolute Gasteiger partial charge is 0.408 e. The standard InChI is InChI=1S/C25H21F5N8O3/c1-39-22-16(10-32-23(34-22)40-2)17-8-19(21-31-5-6-37(21)35-17)36-11-20(24(26,27)12-36)41-15-4-3-14-9-33-38(18(14)7-15)13-25(28,29)30/h3-10,20H,11-13H2,1-2H3/t20-/m0/s1. The van der Waals surface area contributed by atoms with Crippen molar-refractivity contribution in [2.45, 2.75) is 24.7 Å². The maximum atomic E-state index is 15.3. The molecule has 16 heteroatoms. The fourth-order valence-corrected chi connectivity index (χ4v) is 4.69. The van der Waals surface area contributed by atoms with Gasteiger partial charge in [-0.3, -0.25) is 4.68 Å². The second kappa shape index (κ2) is 9.71. The van der Waals surface area contributed by atoms with E-state index >= 15 is 8.78 Å². The first kappa shape index (κ1) is 26.5. The number of benzene rings is 1. The molecular formula is C25H21F5N8O3. The van der Waals surface area contributed by atoms with Crippen molar-refractivity contribution in [3.05, 3.63) is 49.1 Å². The van der Waals surface area contributed by atoms with Crippen molar-refractivity contribution in [3.63, 3.8) is 0 Å². The predicted octanol–water partition coefficient (Wildman–Crippen LogP) is 4.02. The molecule has 4 aromatic heterocycles. The maximum Gasteiger partial charge on any atom is 0.408 e. The first-order chi connectivity index (χ1) is 19.5. The normalized spacial score (nSPS) is 17.0. The molecule has 0 amide bonds. The third-order valence-electron chi connectivity index (χ3n) is 6.55. The van der Waals surface area contributed by atoms with Gasteiger partial charge in [-0.1, -0.05) is 0 Å². The highest BCUT2D eigenvalue weighted by Gasteiger charge is 2.50. The van der Waals surface area contributed by atoms with Gasteiger partial charge in [0.1, 0.15) is 18.0 Å². The lowest BCUT2D eigenvalue weighted by Crippen LogP contribution is -2.36. The van der Waals surface area contributed by atoms with Gasteiger partial charge in [0.2, 0.25) is 5.88 Å². The number of aromatic nitrogens is 7. The van der Waals surface area contributed by atoms with Gasteiger partial charge in [0.05, 0.1) is 50.3 Å². The van der Waals surface area contributed by atoms with Crippen LogP contribution < -0.4 is 19.1 Å². The van der Waals surface area contributed by atoms with Gasteiger partial charge in [-0.25, -0.2) is 23.3 Å². The number of hydrogen-bond donors (Lipinski definition) is 0. The van der Waals surface area contributed by atoms with Crippen LogP contribution >= 0.6 is 0 Å². The van der Waals surface area contributed by atoms with E-state index in [2.05, 4.69) is 25.1 Å². The summed E-state index contributed by atoms with van der Waals surface area (Å²) in [5, 5.41) is 8.68. The third kappa shape index (κ3) is 5.00. The molecule has 0 N–H and O–H groups in total. The number of nitrogens with zero attached hydrogens (tertiary/aromatic N) is 8. The summed E-state index contributed by atoms with van der Waals surface area (Å²) >= 11 is 0. The quantitative estimate of drug-likeness (QED) is 0.266.